The van der Waals surface area contributed by atoms with Crippen LogP contribution >= 0.6 is 0 Å². The number of nitriles is 3. The van der Waals surface area contributed by atoms with Crippen molar-refractivity contribution < 1.29 is 19.7 Å². The molecule has 3 aromatic carbocycles. The lowest BCUT2D eigenvalue weighted by Gasteiger charge is -2.22. The van der Waals surface area contributed by atoms with Crippen LogP contribution in [0.15, 0.2) is 78.4 Å². The average molecular weight is 779 g/mol. The summed E-state index contributed by atoms with van der Waals surface area (Å²) in [5, 5.41) is 28.4. The number of allylic oxidation sites excluding steroid dienone is 1. The first-order valence-electron chi connectivity index (χ1n) is 20.2. The number of halogens is 2. The summed E-state index contributed by atoms with van der Waals surface area (Å²) in [5.41, 5.74) is 4.78. The van der Waals surface area contributed by atoms with Gasteiger partial charge in [-0.05, 0) is 124 Å². The van der Waals surface area contributed by atoms with E-state index in [1.165, 1.54) is 126 Å². The van der Waals surface area contributed by atoms with Crippen LogP contribution in [0.3, 0.4) is 0 Å². The molecule has 9 nitrogen and oxygen atoms in total. The third-order valence-electron chi connectivity index (χ3n) is 9.03. The van der Waals surface area contributed by atoms with Gasteiger partial charge in [-0.15, -0.1) is 0 Å². The molecule has 3 aliphatic heterocycles. The Hall–Kier alpha value is -5.88. The van der Waals surface area contributed by atoms with Crippen molar-refractivity contribution in [2.45, 2.75) is 77.0 Å². The molecule has 1 N–H and O–H groups in total. The quantitative estimate of drug-likeness (QED) is 0.117. The SMILES string of the molecule is C1CCCNCC1.N#CC(C#N)=Cc1ccc(N2CCCCCC2)cc1.O=Cc1ccc(F)cc1.O=Cc1ccc(N2CCCCCC2)cc1.[2H]CF.[C-]#[N+]CC#N. The van der Waals surface area contributed by atoms with Crippen LogP contribution in [-0.4, -0.2) is 65.5 Å². The van der Waals surface area contributed by atoms with Crippen LogP contribution in [0.25, 0.3) is 10.9 Å². The number of hydrogen-bond donors (Lipinski definition) is 1. The number of rotatable bonds is 5. The fourth-order valence-corrected chi connectivity index (χ4v) is 6.01. The number of nitrogens with zero attached hydrogens (tertiary/aromatic N) is 6. The molecule has 0 amide bonds. The normalized spacial score (nSPS) is 14.6. The van der Waals surface area contributed by atoms with Crippen molar-refractivity contribution in [1.82, 2.24) is 5.32 Å². The number of benzene rings is 3. The van der Waals surface area contributed by atoms with Gasteiger partial charge >= 0.3 is 0 Å². The van der Waals surface area contributed by atoms with Crippen LogP contribution in [0.4, 0.5) is 20.2 Å². The van der Waals surface area contributed by atoms with Crippen LogP contribution in [0.2, 0.25) is 0 Å². The van der Waals surface area contributed by atoms with Gasteiger partial charge in [0, 0.05) is 48.7 Å². The highest BCUT2D eigenvalue weighted by molar-refractivity contribution is 5.76. The smallest absolute Gasteiger partial charge is 0.298 e. The van der Waals surface area contributed by atoms with Gasteiger partial charge in [-0.25, -0.2) is 11.0 Å². The standard InChI is InChI=1S/C16H17N3.C13H17NO.C7H5FO.C6H13N.C3H2N2.CH3F/c17-12-15(13-18)11-14-5-7-16(8-6-14)19-9-3-1-2-4-10-19;15-11-12-5-7-13(8-6-12)14-9-3-1-2-4-10-14;8-7-3-1-6(5-9)2-4-7;1-2-4-6-7-5-3-1;1-5-3-2-4;1-2/h5-8,11H,1-4,9-10H2;5-8,11H,1-4,9-10H2;1-5H;7H,1-6H2;3H2;1H3/i;;;;;1D. The summed E-state index contributed by atoms with van der Waals surface area (Å²) in [5.74, 6) is -0.319. The van der Waals surface area contributed by atoms with Crippen molar-refractivity contribution in [3.05, 3.63) is 112 Å². The topological polar surface area (TPSA) is 128 Å². The number of nitrogens with one attached hydrogen (secondary N) is 1. The summed E-state index contributed by atoms with van der Waals surface area (Å²) in [6.07, 6.45) is 19.3. The van der Waals surface area contributed by atoms with Crippen molar-refractivity contribution in [2.75, 3.05) is 62.8 Å². The van der Waals surface area contributed by atoms with Gasteiger partial charge in [0.2, 0.25) is 0 Å². The highest BCUT2D eigenvalue weighted by atomic mass is 19.1. The minimum atomic E-state index is -1.00. The first-order chi connectivity index (χ1) is 28.4. The Bertz CT molecular complexity index is 1680. The molecular weight excluding hydrogens is 721 g/mol. The number of aldehydes is 2. The zero-order valence-electron chi connectivity index (χ0n) is 34.1. The molecule has 302 valence electrons. The van der Waals surface area contributed by atoms with Gasteiger partial charge in [-0.1, -0.05) is 50.7 Å². The zero-order valence-corrected chi connectivity index (χ0v) is 33.1. The molecule has 0 atom stereocenters. The molecule has 3 heterocycles. The van der Waals surface area contributed by atoms with Gasteiger partial charge in [0.25, 0.3) is 6.54 Å². The van der Waals surface area contributed by atoms with Crippen molar-refractivity contribution in [3.8, 4) is 18.2 Å². The summed E-state index contributed by atoms with van der Waals surface area (Å²) in [4.78, 5) is 28.1. The molecule has 3 aromatic rings. The first kappa shape index (κ1) is 47.3. The second-order valence-corrected chi connectivity index (χ2v) is 13.2. The van der Waals surface area contributed by atoms with Crippen molar-refractivity contribution >= 4 is 30.0 Å². The molecule has 6 rings (SSSR count). The lowest BCUT2D eigenvalue weighted by atomic mass is 10.1. The number of anilines is 2. The molecule has 0 aliphatic carbocycles. The van der Waals surface area contributed by atoms with Gasteiger partial charge < -0.3 is 20.0 Å². The van der Waals surface area contributed by atoms with E-state index in [4.69, 9.17) is 23.7 Å². The summed E-state index contributed by atoms with van der Waals surface area (Å²) in [6, 6.07) is 26.8. The number of carbonyl (C=O) groups excluding carboxylic acids is 2. The van der Waals surface area contributed by atoms with Crippen LogP contribution in [-0.2, 0) is 0 Å². The van der Waals surface area contributed by atoms with E-state index in [2.05, 4.69) is 44.2 Å². The maximum absolute atomic E-state index is 12.1. The fraction of sp³-hybridized carbons (Fsp3) is 0.435. The van der Waals surface area contributed by atoms with Crippen LogP contribution in [0.5, 0.6) is 0 Å². The van der Waals surface area contributed by atoms with Crippen molar-refractivity contribution in [2.24, 2.45) is 0 Å². The molecule has 3 aliphatic rings. The average Bonchev–Trinajstić information content (AvgIpc) is 3.85. The Morgan fingerprint density at radius 2 is 1.05 bits per heavy atom. The Morgan fingerprint density at radius 3 is 1.39 bits per heavy atom. The Kier molecular flexibility index (Phi) is 27.7. The van der Waals surface area contributed by atoms with Gasteiger partial charge in [0.1, 0.15) is 42.2 Å². The molecule has 0 spiro atoms. The maximum Gasteiger partial charge on any atom is 0.298 e. The molecule has 0 unspecified atom stereocenters. The third-order valence-corrected chi connectivity index (χ3v) is 9.03. The Labute approximate surface area is 340 Å². The highest BCUT2D eigenvalue weighted by Crippen LogP contribution is 2.21. The van der Waals surface area contributed by atoms with Gasteiger partial charge in [0.15, 0.2) is 0 Å². The van der Waals surface area contributed by atoms with E-state index in [0.29, 0.717) is 11.8 Å². The lowest BCUT2D eigenvalue weighted by molar-refractivity contribution is 0.111. The summed E-state index contributed by atoms with van der Waals surface area (Å²) < 4.78 is 27.6. The Balaban J connectivity index is 0.000000382. The van der Waals surface area contributed by atoms with E-state index in [1.807, 2.05) is 36.4 Å². The summed E-state index contributed by atoms with van der Waals surface area (Å²) >= 11 is 0. The van der Waals surface area contributed by atoms with Crippen LogP contribution in [0.1, 0.15) is 105 Å². The third kappa shape index (κ3) is 22.9. The first-order valence-corrected chi connectivity index (χ1v) is 19.5. The van der Waals surface area contributed by atoms with E-state index in [9.17, 15) is 18.4 Å². The van der Waals surface area contributed by atoms with Crippen molar-refractivity contribution in [3.63, 3.8) is 0 Å². The van der Waals surface area contributed by atoms with Crippen LogP contribution in [0, 0.1) is 46.4 Å². The lowest BCUT2D eigenvalue weighted by Crippen LogP contribution is -2.23. The molecule has 0 saturated carbocycles. The maximum atomic E-state index is 12.1. The minimum Gasteiger partial charge on any atom is -0.372 e. The van der Waals surface area contributed by atoms with Gasteiger partial charge in [-0.2, -0.15) is 15.8 Å². The molecule has 3 saturated heterocycles. The molecule has 57 heavy (non-hydrogen) atoms. The molecule has 11 heteroatoms. The van der Waals surface area contributed by atoms with E-state index in [-0.39, 0.29) is 17.9 Å². The van der Waals surface area contributed by atoms with Gasteiger partial charge in [-0.3, -0.25) is 14.0 Å². The van der Waals surface area contributed by atoms with Gasteiger partial charge in [0.05, 0.1) is 8.52 Å². The second-order valence-electron chi connectivity index (χ2n) is 13.2. The highest BCUT2D eigenvalue weighted by Gasteiger charge is 2.10. The number of alkyl halides is 1. The molecule has 3 fully saturated rings. The summed E-state index contributed by atoms with van der Waals surface area (Å²) in [7, 11) is -1.00. The predicted octanol–water partition coefficient (Wildman–Crippen LogP) is 10.2. The van der Waals surface area contributed by atoms with E-state index in [0.717, 1.165) is 43.6 Å². The molecular formula is C46H57F2N7O2. The molecule has 0 bridgehead atoms. The van der Waals surface area contributed by atoms with Crippen molar-refractivity contribution in [1.29, 1.82) is 15.8 Å². The Morgan fingerprint density at radius 1 is 0.684 bits per heavy atom. The monoisotopic (exact) mass is 778 g/mol. The molecule has 0 radical (unpaired) electrons. The van der Waals surface area contributed by atoms with E-state index in [1.54, 1.807) is 12.1 Å². The molecule has 0 aromatic heterocycles. The summed E-state index contributed by atoms with van der Waals surface area (Å²) in [6.45, 7) is 13.0. The second kappa shape index (κ2) is 33.5. The fourth-order valence-electron chi connectivity index (χ4n) is 6.01. The minimum absolute atomic E-state index is 0.0139. The van der Waals surface area contributed by atoms with E-state index >= 15 is 0 Å². The van der Waals surface area contributed by atoms with Crippen LogP contribution < -0.4 is 15.1 Å². The number of hydrogen-bond acceptors (Lipinski definition) is 8. The predicted molar refractivity (Wildman–Crippen MR) is 226 cm³/mol. The van der Waals surface area contributed by atoms with E-state index < -0.39 is 7.15 Å². The largest absolute Gasteiger partial charge is 0.372 e. The number of carbonyl (C=O) groups is 2. The zero-order chi connectivity index (χ0) is 42.5.